The van der Waals surface area contributed by atoms with Crippen LogP contribution >= 0.6 is 11.6 Å². The van der Waals surface area contributed by atoms with Gasteiger partial charge in [-0.1, -0.05) is 23.3 Å². The molecule has 1 saturated heterocycles. The lowest BCUT2D eigenvalue weighted by atomic mass is 9.82. The van der Waals surface area contributed by atoms with E-state index in [4.69, 9.17) is 11.6 Å². The van der Waals surface area contributed by atoms with E-state index < -0.39 is 46.3 Å². The number of nitro groups is 1. The van der Waals surface area contributed by atoms with Gasteiger partial charge in [-0.2, -0.15) is 5.01 Å². The minimum absolute atomic E-state index is 0.00358. The largest absolute Gasteiger partial charge is 0.292 e. The first-order chi connectivity index (χ1) is 16.6. The summed E-state index contributed by atoms with van der Waals surface area (Å²) in [5, 5.41) is 13.1. The lowest BCUT2D eigenvalue weighted by Gasteiger charge is -2.34. The zero-order valence-electron chi connectivity index (χ0n) is 19.0. The molecule has 2 aromatic rings. The Morgan fingerprint density at radius 2 is 1.60 bits per heavy atom. The number of nitro benzene ring substituents is 1. The highest BCUT2D eigenvalue weighted by Crippen LogP contribution is 2.39. The van der Waals surface area contributed by atoms with Crippen LogP contribution in [-0.4, -0.2) is 44.5 Å². The summed E-state index contributed by atoms with van der Waals surface area (Å²) in [5.41, 5.74) is 1.00. The normalized spacial score (nSPS) is 20.2. The van der Waals surface area contributed by atoms with Crippen molar-refractivity contribution in [2.24, 2.45) is 11.8 Å². The first kappa shape index (κ1) is 24.3. The van der Waals surface area contributed by atoms with Crippen molar-refractivity contribution in [2.75, 3.05) is 0 Å². The Balaban J connectivity index is 1.74. The Morgan fingerprint density at radius 1 is 1.03 bits per heavy atom. The SMILES string of the molecule is CC1=CC[C@@H]2C(=O)N(N(C(=O)c3ccc([N+](=O)[O-])cc3)[C@@H](C)C(=O)c3ccc(Cl)cc3)C(=O)[C@H]2C1. The molecule has 2 aliphatic rings. The number of amides is 3. The number of halogens is 1. The van der Waals surface area contributed by atoms with E-state index in [0.29, 0.717) is 17.9 Å². The maximum Gasteiger partial charge on any atom is 0.273 e. The number of carbonyl (C=O) groups is 4. The number of non-ortho nitro benzene ring substituents is 1. The van der Waals surface area contributed by atoms with Gasteiger partial charge in [-0.25, -0.2) is 5.01 Å². The van der Waals surface area contributed by atoms with Crippen LogP contribution in [0.25, 0.3) is 0 Å². The molecule has 3 atom stereocenters. The zero-order valence-corrected chi connectivity index (χ0v) is 19.8. The summed E-state index contributed by atoms with van der Waals surface area (Å²) in [6, 6.07) is 9.59. The van der Waals surface area contributed by atoms with E-state index in [1.54, 1.807) is 0 Å². The summed E-state index contributed by atoms with van der Waals surface area (Å²) < 4.78 is 0. The number of hydrazine groups is 1. The summed E-state index contributed by atoms with van der Waals surface area (Å²) in [6.07, 6.45) is 2.67. The fourth-order valence-electron chi connectivity index (χ4n) is 4.50. The van der Waals surface area contributed by atoms with Crippen LogP contribution in [0, 0.1) is 22.0 Å². The maximum absolute atomic E-state index is 13.6. The number of carbonyl (C=O) groups excluding carboxylic acids is 4. The monoisotopic (exact) mass is 495 g/mol. The van der Waals surface area contributed by atoms with Crippen molar-refractivity contribution in [3.05, 3.63) is 86.4 Å². The van der Waals surface area contributed by atoms with E-state index in [-0.39, 0.29) is 16.8 Å². The van der Waals surface area contributed by atoms with Gasteiger partial charge in [0.25, 0.3) is 23.4 Å². The van der Waals surface area contributed by atoms with Crippen molar-refractivity contribution in [1.82, 2.24) is 10.0 Å². The number of hydrogen-bond donors (Lipinski definition) is 0. The molecule has 0 unspecified atom stereocenters. The van der Waals surface area contributed by atoms with E-state index in [1.165, 1.54) is 43.3 Å². The van der Waals surface area contributed by atoms with E-state index in [9.17, 15) is 29.3 Å². The molecule has 1 aliphatic carbocycles. The lowest BCUT2D eigenvalue weighted by molar-refractivity contribution is -0.384. The maximum atomic E-state index is 13.6. The van der Waals surface area contributed by atoms with Crippen molar-refractivity contribution in [3.63, 3.8) is 0 Å². The van der Waals surface area contributed by atoms with Crippen molar-refractivity contribution < 1.29 is 24.1 Å². The molecule has 180 valence electrons. The third-order valence-electron chi connectivity index (χ3n) is 6.42. The second-order valence-corrected chi connectivity index (χ2v) is 9.13. The average molecular weight is 496 g/mol. The van der Waals surface area contributed by atoms with Gasteiger partial charge in [-0.15, -0.1) is 0 Å². The smallest absolute Gasteiger partial charge is 0.273 e. The number of fused-ring (bicyclic) bond motifs is 1. The first-order valence-corrected chi connectivity index (χ1v) is 11.4. The summed E-state index contributed by atoms with van der Waals surface area (Å²) in [6.45, 7) is 3.31. The number of rotatable bonds is 6. The number of benzene rings is 2. The van der Waals surface area contributed by atoms with E-state index in [1.807, 2.05) is 13.0 Å². The molecule has 0 radical (unpaired) electrons. The standard InChI is InChI=1S/C25H22ClN3O6/c1-14-3-12-20-21(13-14)25(33)28(24(20)32)27(15(2)22(30)16-4-8-18(26)9-5-16)23(31)17-6-10-19(11-7-17)29(34)35/h3-11,15,20-21H,12-13H2,1-2H3/t15-,20-,21-/m0/s1. The molecule has 0 aromatic heterocycles. The van der Waals surface area contributed by atoms with Crippen molar-refractivity contribution in [2.45, 2.75) is 32.7 Å². The third-order valence-corrected chi connectivity index (χ3v) is 6.68. The number of ketones is 1. The molecule has 4 rings (SSSR count). The number of Topliss-reactive ketones (excluding diaryl/α,β-unsaturated/α-hetero) is 1. The Bertz CT molecular complexity index is 1250. The molecule has 1 aliphatic heterocycles. The zero-order chi connectivity index (χ0) is 25.4. The van der Waals surface area contributed by atoms with Gasteiger partial charge in [-0.05, 0) is 63.1 Å². The van der Waals surface area contributed by atoms with Gasteiger partial charge in [-0.3, -0.25) is 29.3 Å². The Morgan fingerprint density at radius 3 is 2.20 bits per heavy atom. The molecule has 10 heteroatoms. The van der Waals surface area contributed by atoms with Crippen LogP contribution in [0.2, 0.25) is 5.02 Å². The fourth-order valence-corrected chi connectivity index (χ4v) is 4.62. The minimum Gasteiger partial charge on any atom is -0.292 e. The quantitative estimate of drug-likeness (QED) is 0.195. The van der Waals surface area contributed by atoms with Crippen LogP contribution in [0.15, 0.2) is 60.2 Å². The molecule has 0 N–H and O–H groups in total. The van der Waals surface area contributed by atoms with Gasteiger partial charge in [0.2, 0.25) is 0 Å². The number of imide groups is 1. The summed E-state index contributed by atoms with van der Waals surface area (Å²) in [5.74, 6) is -3.61. The summed E-state index contributed by atoms with van der Waals surface area (Å²) >= 11 is 5.92. The van der Waals surface area contributed by atoms with E-state index in [2.05, 4.69) is 0 Å². The van der Waals surface area contributed by atoms with Gasteiger partial charge >= 0.3 is 0 Å². The van der Waals surface area contributed by atoms with E-state index >= 15 is 0 Å². The molecule has 1 heterocycles. The molecule has 3 amide bonds. The third kappa shape index (κ3) is 4.46. The molecular weight excluding hydrogens is 474 g/mol. The molecule has 0 spiro atoms. The summed E-state index contributed by atoms with van der Waals surface area (Å²) in [7, 11) is 0. The highest BCUT2D eigenvalue weighted by molar-refractivity contribution is 6.30. The Hall–Kier alpha value is -3.85. The number of allylic oxidation sites excluding steroid dienone is 2. The van der Waals surface area contributed by atoms with Gasteiger partial charge in [0.1, 0.15) is 6.04 Å². The van der Waals surface area contributed by atoms with Crippen LogP contribution in [0.4, 0.5) is 5.69 Å². The highest BCUT2D eigenvalue weighted by Gasteiger charge is 2.53. The molecule has 9 nitrogen and oxygen atoms in total. The summed E-state index contributed by atoms with van der Waals surface area (Å²) in [4.78, 5) is 64.1. The highest BCUT2D eigenvalue weighted by atomic mass is 35.5. The van der Waals surface area contributed by atoms with Crippen LogP contribution < -0.4 is 0 Å². The molecule has 1 fully saturated rings. The Kier molecular flexibility index (Phi) is 6.53. The molecule has 2 aromatic carbocycles. The Labute approximate surface area is 206 Å². The molecular formula is C25H22ClN3O6. The number of hydrogen-bond acceptors (Lipinski definition) is 6. The molecule has 0 bridgehead atoms. The second-order valence-electron chi connectivity index (χ2n) is 8.69. The van der Waals surface area contributed by atoms with Gasteiger partial charge < -0.3 is 0 Å². The first-order valence-electron chi connectivity index (χ1n) is 11.0. The second kappa shape index (κ2) is 9.42. The van der Waals surface area contributed by atoms with Gasteiger partial charge in [0.05, 0.1) is 16.8 Å². The van der Waals surface area contributed by atoms with Crippen molar-refractivity contribution in [1.29, 1.82) is 0 Å². The van der Waals surface area contributed by atoms with Crippen LogP contribution in [0.3, 0.4) is 0 Å². The predicted molar refractivity (Wildman–Crippen MR) is 126 cm³/mol. The van der Waals surface area contributed by atoms with Crippen molar-refractivity contribution >= 4 is 40.8 Å². The molecule has 35 heavy (non-hydrogen) atoms. The lowest BCUT2D eigenvalue weighted by Crippen LogP contribution is -2.56. The minimum atomic E-state index is -1.22. The topological polar surface area (TPSA) is 118 Å². The van der Waals surface area contributed by atoms with Crippen LogP contribution in [0.1, 0.15) is 47.4 Å². The van der Waals surface area contributed by atoms with Crippen LogP contribution in [-0.2, 0) is 9.59 Å². The fraction of sp³-hybridized carbons (Fsp3) is 0.280. The predicted octanol–water partition coefficient (Wildman–Crippen LogP) is 4.22. The van der Waals surface area contributed by atoms with Gasteiger partial charge in [0.15, 0.2) is 5.78 Å². The van der Waals surface area contributed by atoms with Gasteiger partial charge in [0, 0.05) is 28.3 Å². The van der Waals surface area contributed by atoms with Crippen LogP contribution in [0.5, 0.6) is 0 Å². The number of nitrogens with zero attached hydrogens (tertiary/aromatic N) is 3. The average Bonchev–Trinajstić information content (AvgIpc) is 3.08. The van der Waals surface area contributed by atoms with E-state index in [0.717, 1.165) is 27.7 Å². The molecule has 0 saturated carbocycles. The van der Waals surface area contributed by atoms with Crippen molar-refractivity contribution in [3.8, 4) is 0 Å².